The summed E-state index contributed by atoms with van der Waals surface area (Å²) >= 11 is 0. The van der Waals surface area contributed by atoms with Crippen molar-refractivity contribution in [3.8, 4) is 0 Å². The summed E-state index contributed by atoms with van der Waals surface area (Å²) in [5, 5.41) is 24.8. The first kappa shape index (κ1) is 25.6. The molecule has 1 rings (SSSR count). The third kappa shape index (κ3) is 8.12. The predicted molar refractivity (Wildman–Crippen MR) is 115 cm³/mol. The number of benzene rings is 1. The molecule has 30 heavy (non-hydrogen) atoms. The number of aliphatic carboxylic acids is 1. The summed E-state index contributed by atoms with van der Waals surface area (Å²) in [7, 11) is 0. The summed E-state index contributed by atoms with van der Waals surface area (Å²) in [4.78, 5) is 36.5. The molecule has 1 unspecified atom stereocenters. The minimum atomic E-state index is -1.13. The number of amides is 2. The normalized spacial score (nSPS) is 16.2. The van der Waals surface area contributed by atoms with E-state index in [0.29, 0.717) is 12.8 Å². The first-order valence-corrected chi connectivity index (χ1v) is 10.4. The van der Waals surface area contributed by atoms with E-state index in [0.717, 1.165) is 5.56 Å². The Bertz CT molecular complexity index is 695. The Hall–Kier alpha value is -2.45. The number of aliphatic hydroxyl groups is 1. The highest BCUT2D eigenvalue weighted by molar-refractivity contribution is 5.90. The quantitative estimate of drug-likeness (QED) is 0.342. The fraction of sp³-hybridized carbons (Fsp3) is 0.591. The summed E-state index contributed by atoms with van der Waals surface area (Å²) in [6, 6.07) is 6.83. The summed E-state index contributed by atoms with van der Waals surface area (Å²) in [6.45, 7) is 7.06. The molecule has 0 radical (unpaired) electrons. The average molecular weight is 422 g/mol. The predicted octanol–water partition coefficient (Wildman–Crippen LogP) is 1.06. The second kappa shape index (κ2) is 12.3. The van der Waals surface area contributed by atoms with Crippen molar-refractivity contribution in [1.29, 1.82) is 0 Å². The molecule has 6 N–H and O–H groups in total. The van der Waals surface area contributed by atoms with Crippen molar-refractivity contribution in [1.82, 2.24) is 10.6 Å². The van der Waals surface area contributed by atoms with Crippen LogP contribution in [0.1, 0.15) is 46.1 Å². The van der Waals surface area contributed by atoms with Crippen LogP contribution in [0.2, 0.25) is 0 Å². The highest BCUT2D eigenvalue weighted by atomic mass is 16.4. The molecule has 8 heteroatoms. The summed E-state index contributed by atoms with van der Waals surface area (Å²) in [6.07, 6.45) is -0.304. The van der Waals surface area contributed by atoms with E-state index < -0.39 is 42.0 Å². The SMILES string of the molecule is CC[C@H](C)[C@H](NC(=O)C[C@H](O)[C@@H](N)Cc1ccccc1)C(=O)NC(C(=O)O)C(C)C. The van der Waals surface area contributed by atoms with Gasteiger partial charge in [-0.05, 0) is 23.8 Å². The number of carbonyl (C=O) groups is 3. The molecule has 0 aliphatic rings. The van der Waals surface area contributed by atoms with E-state index in [2.05, 4.69) is 10.6 Å². The Morgan fingerprint density at radius 1 is 1.03 bits per heavy atom. The van der Waals surface area contributed by atoms with Gasteiger partial charge in [0, 0.05) is 6.04 Å². The maximum atomic E-state index is 12.7. The number of hydrogen-bond acceptors (Lipinski definition) is 5. The molecule has 168 valence electrons. The van der Waals surface area contributed by atoms with Crippen molar-refractivity contribution in [3.05, 3.63) is 35.9 Å². The van der Waals surface area contributed by atoms with Gasteiger partial charge in [0.15, 0.2) is 0 Å². The van der Waals surface area contributed by atoms with Crippen LogP contribution in [0.4, 0.5) is 0 Å². The van der Waals surface area contributed by atoms with Gasteiger partial charge in [0.1, 0.15) is 12.1 Å². The van der Waals surface area contributed by atoms with E-state index in [1.807, 2.05) is 37.3 Å². The van der Waals surface area contributed by atoms with Crippen molar-refractivity contribution in [2.45, 2.75) is 71.2 Å². The first-order chi connectivity index (χ1) is 14.1. The first-order valence-electron chi connectivity index (χ1n) is 10.4. The fourth-order valence-corrected chi connectivity index (χ4v) is 3.05. The molecule has 1 aromatic carbocycles. The highest BCUT2D eigenvalue weighted by Gasteiger charge is 2.31. The fourth-order valence-electron chi connectivity index (χ4n) is 3.05. The summed E-state index contributed by atoms with van der Waals surface area (Å²) < 4.78 is 0. The standard InChI is InChI=1S/C22H35N3O5/c1-5-14(4)20(21(28)25-19(13(2)3)22(29)30)24-18(27)12-17(26)16(23)11-15-9-7-6-8-10-15/h6-10,13-14,16-17,19-20,26H,5,11-12,23H2,1-4H3,(H,24,27)(H,25,28)(H,29,30)/t14-,16-,17-,19?,20-/m0/s1. The Labute approximate surface area is 178 Å². The van der Waals surface area contributed by atoms with Gasteiger partial charge in [0.05, 0.1) is 12.5 Å². The van der Waals surface area contributed by atoms with Crippen LogP contribution in [-0.4, -0.2) is 52.2 Å². The summed E-state index contributed by atoms with van der Waals surface area (Å²) in [5.74, 6) is -2.72. The smallest absolute Gasteiger partial charge is 0.326 e. The molecule has 0 heterocycles. The molecule has 0 aliphatic carbocycles. The van der Waals surface area contributed by atoms with Crippen molar-refractivity contribution in [2.24, 2.45) is 17.6 Å². The van der Waals surface area contributed by atoms with Gasteiger partial charge in [-0.1, -0.05) is 64.4 Å². The van der Waals surface area contributed by atoms with E-state index >= 15 is 0 Å². The number of hydrogen-bond donors (Lipinski definition) is 5. The topological polar surface area (TPSA) is 142 Å². The van der Waals surface area contributed by atoms with E-state index in [9.17, 15) is 24.6 Å². The molecule has 5 atom stereocenters. The average Bonchev–Trinajstić information content (AvgIpc) is 2.69. The maximum absolute atomic E-state index is 12.7. The van der Waals surface area contributed by atoms with Gasteiger partial charge in [0.2, 0.25) is 11.8 Å². The molecule has 0 saturated carbocycles. The Morgan fingerprint density at radius 2 is 1.63 bits per heavy atom. The largest absolute Gasteiger partial charge is 0.480 e. The molecule has 2 amide bonds. The van der Waals surface area contributed by atoms with Crippen LogP contribution < -0.4 is 16.4 Å². The minimum Gasteiger partial charge on any atom is -0.480 e. The maximum Gasteiger partial charge on any atom is 0.326 e. The molecule has 0 aromatic heterocycles. The third-order valence-electron chi connectivity index (χ3n) is 5.25. The molecule has 8 nitrogen and oxygen atoms in total. The van der Waals surface area contributed by atoms with Gasteiger partial charge in [-0.25, -0.2) is 4.79 Å². The van der Waals surface area contributed by atoms with E-state index in [-0.39, 0.29) is 18.3 Å². The second-order valence-electron chi connectivity index (χ2n) is 8.12. The monoisotopic (exact) mass is 421 g/mol. The summed E-state index contributed by atoms with van der Waals surface area (Å²) in [5.41, 5.74) is 6.99. The molecular weight excluding hydrogens is 386 g/mol. The number of carbonyl (C=O) groups excluding carboxylic acids is 2. The lowest BCUT2D eigenvalue weighted by Gasteiger charge is -2.27. The Morgan fingerprint density at radius 3 is 2.13 bits per heavy atom. The Balaban J connectivity index is 2.73. The number of nitrogens with one attached hydrogen (secondary N) is 2. The van der Waals surface area contributed by atoms with Gasteiger partial charge >= 0.3 is 5.97 Å². The van der Waals surface area contributed by atoms with Crippen LogP contribution in [-0.2, 0) is 20.8 Å². The molecule has 0 aliphatic heterocycles. The molecular formula is C22H35N3O5. The minimum absolute atomic E-state index is 0.217. The van der Waals surface area contributed by atoms with E-state index in [1.165, 1.54) is 0 Å². The lowest BCUT2D eigenvalue weighted by molar-refractivity contribution is -0.143. The van der Waals surface area contributed by atoms with Crippen LogP contribution in [0.15, 0.2) is 30.3 Å². The molecule has 0 saturated heterocycles. The van der Waals surface area contributed by atoms with Crippen molar-refractivity contribution in [3.63, 3.8) is 0 Å². The van der Waals surface area contributed by atoms with Crippen molar-refractivity contribution >= 4 is 17.8 Å². The van der Waals surface area contributed by atoms with Gasteiger partial charge in [-0.3, -0.25) is 9.59 Å². The van der Waals surface area contributed by atoms with E-state index in [1.54, 1.807) is 20.8 Å². The lowest BCUT2D eigenvalue weighted by atomic mass is 9.96. The second-order valence-corrected chi connectivity index (χ2v) is 8.12. The number of nitrogens with two attached hydrogens (primary N) is 1. The van der Waals surface area contributed by atoms with E-state index in [4.69, 9.17) is 5.73 Å². The van der Waals surface area contributed by atoms with Gasteiger partial charge in [-0.15, -0.1) is 0 Å². The van der Waals surface area contributed by atoms with Crippen LogP contribution in [0.5, 0.6) is 0 Å². The number of carboxylic acids is 1. The van der Waals surface area contributed by atoms with Gasteiger partial charge in [-0.2, -0.15) is 0 Å². The van der Waals surface area contributed by atoms with Crippen molar-refractivity contribution in [2.75, 3.05) is 0 Å². The third-order valence-corrected chi connectivity index (χ3v) is 5.25. The number of aliphatic hydroxyl groups excluding tert-OH is 1. The zero-order valence-corrected chi connectivity index (χ0v) is 18.2. The number of rotatable bonds is 12. The lowest BCUT2D eigenvalue weighted by Crippen LogP contribution is -2.55. The van der Waals surface area contributed by atoms with Crippen molar-refractivity contribution < 1.29 is 24.6 Å². The van der Waals surface area contributed by atoms with Crippen LogP contribution >= 0.6 is 0 Å². The van der Waals surface area contributed by atoms with Crippen LogP contribution in [0.25, 0.3) is 0 Å². The highest BCUT2D eigenvalue weighted by Crippen LogP contribution is 2.12. The number of carboxylic acid groups (broad SMARTS) is 1. The zero-order chi connectivity index (χ0) is 22.8. The van der Waals surface area contributed by atoms with Gasteiger partial charge in [0.25, 0.3) is 0 Å². The zero-order valence-electron chi connectivity index (χ0n) is 18.2. The molecule has 0 fully saturated rings. The molecule has 1 aromatic rings. The van der Waals surface area contributed by atoms with Crippen LogP contribution in [0, 0.1) is 11.8 Å². The van der Waals surface area contributed by atoms with Gasteiger partial charge < -0.3 is 26.6 Å². The Kier molecular flexibility index (Phi) is 10.5. The molecule has 0 spiro atoms. The van der Waals surface area contributed by atoms with Crippen LogP contribution in [0.3, 0.4) is 0 Å². The molecule has 0 bridgehead atoms.